The Hall–Kier alpha value is -3.00. The van der Waals surface area contributed by atoms with Crippen LogP contribution in [-0.4, -0.2) is 15.0 Å². The van der Waals surface area contributed by atoms with Crippen LogP contribution in [0.3, 0.4) is 0 Å². The Morgan fingerprint density at radius 2 is 1.19 bits per heavy atom. The van der Waals surface area contributed by atoms with Crippen LogP contribution in [0.4, 0.5) is 17.6 Å². The van der Waals surface area contributed by atoms with Crippen molar-refractivity contribution in [1.29, 1.82) is 0 Å². The van der Waals surface area contributed by atoms with Gasteiger partial charge in [0, 0.05) is 36.0 Å². The lowest BCUT2D eigenvalue weighted by Crippen LogP contribution is -1.97. The van der Waals surface area contributed by atoms with Crippen molar-refractivity contribution < 1.29 is 17.6 Å². The molecule has 0 amide bonds. The average Bonchev–Trinajstić information content (AvgIpc) is 2.80. The molecule has 3 aromatic heterocycles. The number of benzene rings is 2. The van der Waals surface area contributed by atoms with Crippen molar-refractivity contribution in [1.82, 2.24) is 15.0 Å². The van der Waals surface area contributed by atoms with Gasteiger partial charge in [-0.1, -0.05) is 40.9 Å². The molecule has 2 aromatic carbocycles. The maximum absolute atomic E-state index is 13.9. The van der Waals surface area contributed by atoms with Gasteiger partial charge in [-0.25, -0.2) is 27.5 Å². The second kappa shape index (κ2) is 10.2. The molecule has 184 valence electrons. The zero-order chi connectivity index (χ0) is 26.3. The summed E-state index contributed by atoms with van der Waals surface area (Å²) in [5.41, 5.74) is 3.56. The van der Waals surface area contributed by atoms with Gasteiger partial charge in [0.05, 0.1) is 43.2 Å². The van der Waals surface area contributed by atoms with Crippen LogP contribution in [0.15, 0.2) is 42.6 Å². The molecule has 5 rings (SSSR count). The molecule has 0 spiro atoms. The predicted molar refractivity (Wildman–Crippen MR) is 136 cm³/mol. The summed E-state index contributed by atoms with van der Waals surface area (Å²) in [5, 5.41) is 0.779. The Labute approximate surface area is 218 Å². The van der Waals surface area contributed by atoms with E-state index in [1.807, 2.05) is 19.1 Å². The fourth-order valence-electron chi connectivity index (χ4n) is 3.55. The minimum absolute atomic E-state index is 0.0972. The topological polar surface area (TPSA) is 38.7 Å². The minimum Gasteiger partial charge on any atom is -0.254 e. The van der Waals surface area contributed by atoms with Crippen molar-refractivity contribution in [3.63, 3.8) is 0 Å². The van der Waals surface area contributed by atoms with Gasteiger partial charge >= 0.3 is 0 Å². The maximum Gasteiger partial charge on any atom is 0.137 e. The van der Waals surface area contributed by atoms with E-state index in [1.54, 1.807) is 20.0 Å². The Bertz CT molecular complexity index is 1640. The molecule has 0 unspecified atom stereocenters. The SMILES string of the molecule is Cc1c(Cl)nc2cc(F)cc(F)c2c1Cl.Cc1ccc(-c2nc3cc(F)cc(F)c3c(Cl)c2C)nc1. The number of rotatable bonds is 1. The van der Waals surface area contributed by atoms with Gasteiger partial charge in [-0.3, -0.25) is 4.98 Å². The van der Waals surface area contributed by atoms with E-state index in [0.29, 0.717) is 22.5 Å². The highest BCUT2D eigenvalue weighted by atomic mass is 35.5. The van der Waals surface area contributed by atoms with Gasteiger partial charge in [-0.15, -0.1) is 0 Å². The first-order valence-corrected chi connectivity index (χ1v) is 11.6. The summed E-state index contributed by atoms with van der Waals surface area (Å²) in [4.78, 5) is 12.5. The summed E-state index contributed by atoms with van der Waals surface area (Å²) in [6.45, 7) is 5.30. The molecule has 0 saturated carbocycles. The van der Waals surface area contributed by atoms with E-state index < -0.39 is 23.3 Å². The minimum atomic E-state index is -0.734. The summed E-state index contributed by atoms with van der Waals surface area (Å²) in [6, 6.07) is 7.54. The third kappa shape index (κ3) is 4.96. The number of aromatic nitrogens is 3. The lowest BCUT2D eigenvalue weighted by Gasteiger charge is -2.11. The van der Waals surface area contributed by atoms with Crippen LogP contribution in [0, 0.1) is 44.0 Å². The van der Waals surface area contributed by atoms with Crippen LogP contribution >= 0.6 is 34.8 Å². The molecule has 0 fully saturated rings. The summed E-state index contributed by atoms with van der Waals surface area (Å²) < 4.78 is 53.6. The van der Waals surface area contributed by atoms with Crippen LogP contribution in [0.25, 0.3) is 33.2 Å². The maximum atomic E-state index is 13.9. The molecular formula is C26H16Cl3F4N3. The molecule has 0 atom stereocenters. The van der Waals surface area contributed by atoms with Crippen molar-refractivity contribution in [3.05, 3.63) is 97.8 Å². The summed E-state index contributed by atoms with van der Waals surface area (Å²) >= 11 is 17.9. The van der Waals surface area contributed by atoms with Crippen LogP contribution in [0.1, 0.15) is 16.7 Å². The van der Waals surface area contributed by atoms with E-state index in [-0.39, 0.29) is 37.0 Å². The van der Waals surface area contributed by atoms with Crippen LogP contribution in [0.2, 0.25) is 15.2 Å². The summed E-state index contributed by atoms with van der Waals surface area (Å²) in [5.74, 6) is -2.84. The van der Waals surface area contributed by atoms with Crippen LogP contribution in [-0.2, 0) is 0 Å². The molecule has 3 heterocycles. The number of aryl methyl sites for hydroxylation is 1. The van der Waals surface area contributed by atoms with Gasteiger partial charge in [0.1, 0.15) is 28.4 Å². The molecule has 0 aliphatic heterocycles. The van der Waals surface area contributed by atoms with Gasteiger partial charge < -0.3 is 0 Å². The van der Waals surface area contributed by atoms with Crippen LogP contribution < -0.4 is 0 Å². The zero-order valence-corrected chi connectivity index (χ0v) is 21.3. The van der Waals surface area contributed by atoms with Gasteiger partial charge in [0.15, 0.2) is 0 Å². The Morgan fingerprint density at radius 1 is 0.667 bits per heavy atom. The molecular weight excluding hydrogens is 537 g/mol. The Balaban J connectivity index is 0.000000179. The molecule has 0 saturated heterocycles. The van der Waals surface area contributed by atoms with E-state index in [9.17, 15) is 17.6 Å². The Morgan fingerprint density at radius 3 is 1.72 bits per heavy atom. The van der Waals surface area contributed by atoms with Crippen molar-refractivity contribution in [2.24, 2.45) is 0 Å². The zero-order valence-electron chi connectivity index (χ0n) is 19.0. The third-order valence-electron chi connectivity index (χ3n) is 5.44. The average molecular weight is 553 g/mol. The van der Waals surface area contributed by atoms with Crippen LogP contribution in [0.5, 0.6) is 0 Å². The van der Waals surface area contributed by atoms with Crippen molar-refractivity contribution in [2.75, 3.05) is 0 Å². The van der Waals surface area contributed by atoms with Gasteiger partial charge in [0.2, 0.25) is 0 Å². The van der Waals surface area contributed by atoms with E-state index in [1.165, 1.54) is 6.07 Å². The standard InChI is InChI=1S/C16H11ClF2N2.C10H5Cl2F2N/c1-8-3-4-12(20-7-8)16-9(2)15(17)14-11(19)5-10(18)6-13(14)21-16;1-4-9(11)8-6(14)2-5(13)3-7(8)15-10(4)12/h3-7H,1-2H3;2-3H,1H3. The first-order chi connectivity index (χ1) is 17.0. The van der Waals surface area contributed by atoms with E-state index in [2.05, 4.69) is 15.0 Å². The molecule has 36 heavy (non-hydrogen) atoms. The van der Waals surface area contributed by atoms with Crippen molar-refractivity contribution in [2.45, 2.75) is 20.8 Å². The number of nitrogens with zero attached hydrogens (tertiary/aromatic N) is 3. The second-order valence-corrected chi connectivity index (χ2v) is 9.14. The first-order valence-electron chi connectivity index (χ1n) is 10.5. The third-order valence-corrected chi connectivity index (χ3v) is 6.75. The molecule has 0 radical (unpaired) electrons. The van der Waals surface area contributed by atoms with Gasteiger partial charge in [-0.05, 0) is 38.0 Å². The molecule has 0 aliphatic carbocycles. The van der Waals surface area contributed by atoms with Crippen molar-refractivity contribution >= 4 is 56.6 Å². The highest BCUT2D eigenvalue weighted by molar-refractivity contribution is 6.39. The first kappa shape index (κ1) is 26.1. The highest BCUT2D eigenvalue weighted by Gasteiger charge is 2.17. The molecule has 0 bridgehead atoms. The molecule has 10 heteroatoms. The smallest absolute Gasteiger partial charge is 0.137 e. The number of pyridine rings is 3. The molecule has 5 aromatic rings. The van der Waals surface area contributed by atoms with E-state index >= 15 is 0 Å². The van der Waals surface area contributed by atoms with E-state index in [0.717, 1.165) is 23.8 Å². The van der Waals surface area contributed by atoms with E-state index in [4.69, 9.17) is 34.8 Å². The molecule has 0 N–H and O–H groups in total. The Kier molecular flexibility index (Phi) is 7.36. The quantitative estimate of drug-likeness (QED) is 0.154. The summed E-state index contributed by atoms with van der Waals surface area (Å²) in [6.07, 6.45) is 1.71. The lowest BCUT2D eigenvalue weighted by molar-refractivity contribution is 0.590. The fraction of sp³-hybridized carbons (Fsp3) is 0.115. The summed E-state index contributed by atoms with van der Waals surface area (Å²) in [7, 11) is 0. The van der Waals surface area contributed by atoms with Gasteiger partial charge in [0.25, 0.3) is 0 Å². The highest BCUT2D eigenvalue weighted by Crippen LogP contribution is 2.34. The predicted octanol–water partition coefficient (Wildman–Crippen LogP) is 8.97. The normalized spacial score (nSPS) is 11.1. The molecule has 3 nitrogen and oxygen atoms in total. The second-order valence-electron chi connectivity index (χ2n) is 8.03. The number of fused-ring (bicyclic) bond motifs is 2. The fourth-order valence-corrected chi connectivity index (χ4v) is 4.34. The lowest BCUT2D eigenvalue weighted by atomic mass is 10.1. The van der Waals surface area contributed by atoms with Gasteiger partial charge in [-0.2, -0.15) is 0 Å². The monoisotopic (exact) mass is 551 g/mol. The largest absolute Gasteiger partial charge is 0.254 e. The number of hydrogen-bond donors (Lipinski definition) is 0. The molecule has 0 aliphatic rings. The number of hydrogen-bond acceptors (Lipinski definition) is 3. The van der Waals surface area contributed by atoms with Crippen molar-refractivity contribution in [3.8, 4) is 11.4 Å². The number of halogens is 7.